The Labute approximate surface area is 78.2 Å². The van der Waals surface area contributed by atoms with Crippen LogP contribution in [0.15, 0.2) is 18.3 Å². The number of halogens is 3. The Morgan fingerprint density at radius 1 is 1.43 bits per heavy atom. The molecule has 14 heavy (non-hydrogen) atoms. The minimum absolute atomic E-state index is 0.0421. The zero-order valence-corrected chi connectivity index (χ0v) is 7.25. The van der Waals surface area contributed by atoms with Crippen molar-refractivity contribution >= 4 is 0 Å². The van der Waals surface area contributed by atoms with E-state index in [1.165, 1.54) is 7.11 Å². The zero-order chi connectivity index (χ0) is 10.8. The number of aromatic nitrogens is 1. The number of rotatable bonds is 2. The normalized spacial score (nSPS) is 14.1. The van der Waals surface area contributed by atoms with E-state index >= 15 is 0 Å². The number of aliphatic hydroxyl groups is 1. The average molecular weight is 207 g/mol. The molecule has 0 saturated carbocycles. The first-order chi connectivity index (χ1) is 6.45. The number of nitrogens with zero attached hydrogens (tertiary/aromatic N) is 1. The van der Waals surface area contributed by atoms with Crippen molar-refractivity contribution in [1.82, 2.24) is 4.98 Å². The second kappa shape index (κ2) is 3.93. The van der Waals surface area contributed by atoms with Crippen molar-refractivity contribution < 1.29 is 23.0 Å². The maximum absolute atomic E-state index is 12.1. The lowest BCUT2D eigenvalue weighted by atomic mass is 10.2. The van der Waals surface area contributed by atoms with E-state index in [1.54, 1.807) is 0 Å². The van der Waals surface area contributed by atoms with Gasteiger partial charge in [-0.05, 0) is 12.1 Å². The molecule has 0 bridgehead atoms. The molecule has 1 heterocycles. The van der Waals surface area contributed by atoms with Crippen LogP contribution in [0.1, 0.15) is 17.5 Å². The van der Waals surface area contributed by atoms with Gasteiger partial charge >= 0.3 is 6.18 Å². The standard InChI is InChI=1S/C8H8F3NO2/c1-14-7(13)6-3-2-5(4-12-6)8(9,10)11/h2-4,7,13H,1H3. The van der Waals surface area contributed by atoms with E-state index in [-0.39, 0.29) is 5.69 Å². The molecule has 0 aliphatic carbocycles. The fourth-order valence-corrected chi connectivity index (χ4v) is 0.840. The fourth-order valence-electron chi connectivity index (χ4n) is 0.840. The van der Waals surface area contributed by atoms with E-state index < -0.39 is 18.0 Å². The van der Waals surface area contributed by atoms with E-state index in [2.05, 4.69) is 9.72 Å². The number of methoxy groups -OCH3 is 1. The maximum atomic E-state index is 12.1. The molecule has 0 aliphatic rings. The zero-order valence-electron chi connectivity index (χ0n) is 7.25. The molecule has 0 aliphatic heterocycles. The Morgan fingerprint density at radius 2 is 2.07 bits per heavy atom. The van der Waals surface area contributed by atoms with Crippen molar-refractivity contribution in [3.05, 3.63) is 29.6 Å². The second-order valence-electron chi connectivity index (χ2n) is 2.56. The van der Waals surface area contributed by atoms with Gasteiger partial charge in [0.15, 0.2) is 6.29 Å². The van der Waals surface area contributed by atoms with Crippen molar-refractivity contribution in [3.63, 3.8) is 0 Å². The molecule has 0 spiro atoms. The maximum Gasteiger partial charge on any atom is 0.417 e. The van der Waals surface area contributed by atoms with Crippen LogP contribution in [0.4, 0.5) is 13.2 Å². The van der Waals surface area contributed by atoms with Gasteiger partial charge in [0.05, 0.1) is 11.3 Å². The van der Waals surface area contributed by atoms with Gasteiger partial charge in [-0.25, -0.2) is 0 Å². The van der Waals surface area contributed by atoms with Crippen molar-refractivity contribution in [2.24, 2.45) is 0 Å². The molecule has 6 heteroatoms. The fraction of sp³-hybridized carbons (Fsp3) is 0.375. The van der Waals surface area contributed by atoms with Crippen molar-refractivity contribution in [2.75, 3.05) is 7.11 Å². The Kier molecular flexibility index (Phi) is 3.07. The van der Waals surface area contributed by atoms with E-state index in [1.807, 2.05) is 0 Å². The Hall–Kier alpha value is -1.14. The van der Waals surface area contributed by atoms with E-state index in [0.717, 1.165) is 12.1 Å². The van der Waals surface area contributed by atoms with Gasteiger partial charge in [0.25, 0.3) is 0 Å². The van der Waals surface area contributed by atoms with E-state index in [4.69, 9.17) is 5.11 Å². The molecule has 0 radical (unpaired) electrons. The molecule has 0 aromatic carbocycles. The summed E-state index contributed by atoms with van der Waals surface area (Å²) in [7, 11) is 1.23. The highest BCUT2D eigenvalue weighted by molar-refractivity contribution is 5.17. The predicted octanol–water partition coefficient (Wildman–Crippen LogP) is 1.74. The Bertz CT molecular complexity index is 296. The molecule has 0 fully saturated rings. The molecule has 1 atom stereocenters. The van der Waals surface area contributed by atoms with Crippen molar-refractivity contribution in [3.8, 4) is 0 Å². The second-order valence-corrected chi connectivity index (χ2v) is 2.56. The monoisotopic (exact) mass is 207 g/mol. The molecule has 0 saturated heterocycles. The third-order valence-corrected chi connectivity index (χ3v) is 1.59. The average Bonchev–Trinajstić information content (AvgIpc) is 2.15. The molecular formula is C8H8F3NO2. The van der Waals surface area contributed by atoms with Crippen LogP contribution in [0.2, 0.25) is 0 Å². The van der Waals surface area contributed by atoms with Gasteiger partial charge in [-0.2, -0.15) is 13.2 Å². The molecule has 1 aromatic heterocycles. The highest BCUT2D eigenvalue weighted by Gasteiger charge is 2.30. The van der Waals surface area contributed by atoms with Gasteiger partial charge in [0.2, 0.25) is 0 Å². The summed E-state index contributed by atoms with van der Waals surface area (Å²) in [4.78, 5) is 3.42. The quantitative estimate of drug-likeness (QED) is 0.751. The summed E-state index contributed by atoms with van der Waals surface area (Å²) in [5.41, 5.74) is -0.815. The van der Waals surface area contributed by atoms with Gasteiger partial charge in [-0.15, -0.1) is 0 Å². The number of aliphatic hydroxyl groups excluding tert-OH is 1. The number of hydrogen-bond acceptors (Lipinski definition) is 3. The predicted molar refractivity (Wildman–Crippen MR) is 41.2 cm³/mol. The number of pyridine rings is 1. The Balaban J connectivity index is 2.89. The summed E-state index contributed by atoms with van der Waals surface area (Å²) in [5.74, 6) is 0. The summed E-state index contributed by atoms with van der Waals surface area (Å²) in [6, 6.07) is 1.90. The highest BCUT2D eigenvalue weighted by Crippen LogP contribution is 2.28. The SMILES string of the molecule is COC(O)c1ccc(C(F)(F)F)cn1. The molecule has 0 amide bonds. The van der Waals surface area contributed by atoms with Gasteiger partial charge in [-0.1, -0.05) is 0 Å². The van der Waals surface area contributed by atoms with Crippen LogP contribution >= 0.6 is 0 Å². The third-order valence-electron chi connectivity index (χ3n) is 1.59. The summed E-state index contributed by atoms with van der Waals surface area (Å²) in [5, 5.41) is 9.06. The summed E-state index contributed by atoms with van der Waals surface area (Å²) in [6.07, 6.45) is -5.06. The van der Waals surface area contributed by atoms with Crippen molar-refractivity contribution in [1.29, 1.82) is 0 Å². The Morgan fingerprint density at radius 3 is 2.43 bits per heavy atom. The van der Waals surface area contributed by atoms with Crippen molar-refractivity contribution in [2.45, 2.75) is 12.5 Å². The minimum Gasteiger partial charge on any atom is -0.363 e. The van der Waals surface area contributed by atoms with Crippen LogP contribution in [0, 0.1) is 0 Å². The molecule has 78 valence electrons. The third kappa shape index (κ3) is 2.43. The number of hydrogen-bond donors (Lipinski definition) is 1. The summed E-state index contributed by atoms with van der Waals surface area (Å²) in [6.45, 7) is 0. The van der Waals surface area contributed by atoms with Crippen LogP contribution in [-0.2, 0) is 10.9 Å². The van der Waals surface area contributed by atoms with Gasteiger partial charge in [-0.3, -0.25) is 4.98 Å². The minimum atomic E-state index is -4.41. The first-order valence-corrected chi connectivity index (χ1v) is 3.69. The molecule has 1 unspecified atom stereocenters. The molecule has 3 nitrogen and oxygen atoms in total. The van der Waals surface area contributed by atoms with Crippen LogP contribution in [-0.4, -0.2) is 17.2 Å². The lowest BCUT2D eigenvalue weighted by molar-refractivity contribution is -0.138. The summed E-state index contributed by atoms with van der Waals surface area (Å²) < 4.78 is 40.7. The van der Waals surface area contributed by atoms with Crippen LogP contribution < -0.4 is 0 Å². The molecular weight excluding hydrogens is 199 g/mol. The van der Waals surface area contributed by atoms with Crippen LogP contribution in [0.3, 0.4) is 0 Å². The van der Waals surface area contributed by atoms with Gasteiger partial charge < -0.3 is 9.84 Å². The lowest BCUT2D eigenvalue weighted by Gasteiger charge is -2.09. The largest absolute Gasteiger partial charge is 0.417 e. The molecule has 1 N–H and O–H groups in total. The van der Waals surface area contributed by atoms with Gasteiger partial charge in [0.1, 0.15) is 0 Å². The molecule has 1 aromatic rings. The van der Waals surface area contributed by atoms with E-state index in [9.17, 15) is 13.2 Å². The van der Waals surface area contributed by atoms with Crippen LogP contribution in [0.5, 0.6) is 0 Å². The summed E-state index contributed by atoms with van der Waals surface area (Å²) >= 11 is 0. The lowest BCUT2D eigenvalue weighted by Crippen LogP contribution is -2.08. The highest BCUT2D eigenvalue weighted by atomic mass is 19.4. The van der Waals surface area contributed by atoms with Gasteiger partial charge in [0, 0.05) is 13.3 Å². The number of alkyl halides is 3. The molecule has 1 rings (SSSR count). The first-order valence-electron chi connectivity index (χ1n) is 3.69. The first kappa shape index (κ1) is 10.9. The van der Waals surface area contributed by atoms with E-state index in [0.29, 0.717) is 6.20 Å². The smallest absolute Gasteiger partial charge is 0.363 e. The topological polar surface area (TPSA) is 42.4 Å². The van der Waals surface area contributed by atoms with Crippen LogP contribution in [0.25, 0.3) is 0 Å². The number of ether oxygens (including phenoxy) is 1.